The second-order valence-corrected chi connectivity index (χ2v) is 8.85. The fraction of sp³-hybridized carbons (Fsp3) is 0.455. The highest BCUT2D eigenvalue weighted by Gasteiger charge is 2.46. The third-order valence-corrected chi connectivity index (χ3v) is 6.19. The molecule has 1 amide bonds. The highest BCUT2D eigenvalue weighted by molar-refractivity contribution is 5.66. The molecular formula is C22H24F3N5O5. The van der Waals surface area contributed by atoms with Crippen LogP contribution in [0.4, 0.5) is 23.8 Å². The zero-order valence-corrected chi connectivity index (χ0v) is 19.0. The lowest BCUT2D eigenvalue weighted by Gasteiger charge is -2.47. The summed E-state index contributed by atoms with van der Waals surface area (Å²) in [4.78, 5) is 29.3. The molecule has 1 fully saturated rings. The van der Waals surface area contributed by atoms with Crippen molar-refractivity contribution in [1.29, 1.82) is 0 Å². The third kappa shape index (κ3) is 4.81. The van der Waals surface area contributed by atoms with E-state index in [4.69, 9.17) is 4.74 Å². The number of nitro groups is 1. The number of carbonyl (C=O) groups is 1. The Balaban J connectivity index is 1.69. The van der Waals surface area contributed by atoms with E-state index in [0.717, 1.165) is 12.1 Å². The van der Waals surface area contributed by atoms with Crippen LogP contribution in [0.25, 0.3) is 0 Å². The van der Waals surface area contributed by atoms with E-state index in [1.165, 1.54) is 21.7 Å². The lowest BCUT2D eigenvalue weighted by atomic mass is 9.91. The molecule has 2 aromatic rings. The Bertz CT molecular complexity index is 1140. The van der Waals surface area contributed by atoms with Gasteiger partial charge in [0.1, 0.15) is 11.8 Å². The SMILES string of the molecule is CC=C[C@H]1C(c2cccc(C(F)(F)F)c2)N(CC2(C)Cn3cc([N+](=O)[O-])nc3O2)CCN1C(=O)O. The maximum atomic E-state index is 13.5. The number of hydrogen-bond acceptors (Lipinski definition) is 6. The molecule has 1 aromatic heterocycles. The van der Waals surface area contributed by atoms with Gasteiger partial charge in [-0.3, -0.25) is 14.4 Å². The summed E-state index contributed by atoms with van der Waals surface area (Å²) >= 11 is 0. The largest absolute Gasteiger partial charge is 0.465 e. The first kappa shape index (κ1) is 24.5. The van der Waals surface area contributed by atoms with Crippen LogP contribution in [-0.2, 0) is 12.7 Å². The molecular weight excluding hydrogens is 471 g/mol. The van der Waals surface area contributed by atoms with E-state index in [1.54, 1.807) is 32.1 Å². The Kier molecular flexibility index (Phi) is 6.21. The third-order valence-electron chi connectivity index (χ3n) is 6.19. The molecule has 0 spiro atoms. The summed E-state index contributed by atoms with van der Waals surface area (Å²) in [6.07, 6.45) is -1.11. The molecule has 35 heavy (non-hydrogen) atoms. The van der Waals surface area contributed by atoms with E-state index in [2.05, 4.69) is 4.98 Å². The summed E-state index contributed by atoms with van der Waals surface area (Å²) in [5.74, 6) is -0.341. The first-order valence-electron chi connectivity index (χ1n) is 10.9. The van der Waals surface area contributed by atoms with Crippen molar-refractivity contribution >= 4 is 11.9 Å². The first-order valence-corrected chi connectivity index (χ1v) is 10.9. The van der Waals surface area contributed by atoms with Crippen LogP contribution in [0.3, 0.4) is 0 Å². The van der Waals surface area contributed by atoms with Crippen LogP contribution in [0.2, 0.25) is 0 Å². The minimum atomic E-state index is -4.55. The van der Waals surface area contributed by atoms with Crippen molar-refractivity contribution in [2.45, 2.75) is 44.3 Å². The van der Waals surface area contributed by atoms with Crippen LogP contribution in [0.15, 0.2) is 42.6 Å². The molecule has 3 atom stereocenters. The van der Waals surface area contributed by atoms with Gasteiger partial charge in [0, 0.05) is 24.6 Å². The number of fused-ring (bicyclic) bond motifs is 1. The quantitative estimate of drug-likeness (QED) is 0.380. The molecule has 2 unspecified atom stereocenters. The smallest absolute Gasteiger partial charge is 0.416 e. The number of ether oxygens (including phenoxy) is 1. The number of benzene rings is 1. The number of amides is 1. The zero-order chi connectivity index (χ0) is 25.5. The van der Waals surface area contributed by atoms with E-state index < -0.39 is 40.4 Å². The van der Waals surface area contributed by atoms with Crippen LogP contribution in [-0.4, -0.2) is 66.8 Å². The van der Waals surface area contributed by atoms with Crippen molar-refractivity contribution in [3.8, 4) is 6.01 Å². The number of aromatic nitrogens is 2. The van der Waals surface area contributed by atoms with Gasteiger partial charge in [0.15, 0.2) is 0 Å². The summed E-state index contributed by atoms with van der Waals surface area (Å²) < 4.78 is 47.9. The number of piperazine rings is 1. The molecule has 0 saturated carbocycles. The minimum absolute atomic E-state index is 0.0870. The average molecular weight is 495 g/mol. The molecule has 0 aliphatic carbocycles. The summed E-state index contributed by atoms with van der Waals surface area (Å²) in [6, 6.07) is 3.52. The van der Waals surface area contributed by atoms with Crippen LogP contribution in [0.5, 0.6) is 6.01 Å². The second-order valence-electron chi connectivity index (χ2n) is 8.85. The number of halogens is 3. The molecule has 10 nitrogen and oxygen atoms in total. The number of imidazole rings is 1. The molecule has 2 aliphatic heterocycles. The molecule has 1 aromatic carbocycles. The van der Waals surface area contributed by atoms with Crippen LogP contribution >= 0.6 is 0 Å². The Hall–Kier alpha value is -3.61. The van der Waals surface area contributed by atoms with E-state index in [0.29, 0.717) is 5.56 Å². The Labute approximate surface area is 198 Å². The average Bonchev–Trinajstić information content (AvgIpc) is 3.28. The van der Waals surface area contributed by atoms with Crippen molar-refractivity contribution < 1.29 is 32.7 Å². The van der Waals surface area contributed by atoms with Gasteiger partial charge < -0.3 is 20.0 Å². The maximum absolute atomic E-state index is 13.5. The maximum Gasteiger partial charge on any atom is 0.416 e. The van der Waals surface area contributed by atoms with Gasteiger partial charge in [-0.2, -0.15) is 13.2 Å². The monoisotopic (exact) mass is 495 g/mol. The number of alkyl halides is 3. The van der Waals surface area contributed by atoms with E-state index >= 15 is 0 Å². The molecule has 0 bridgehead atoms. The molecule has 1 saturated heterocycles. The number of rotatable bonds is 5. The molecule has 4 rings (SSSR count). The summed E-state index contributed by atoms with van der Waals surface area (Å²) in [5.41, 5.74) is -1.38. The predicted molar refractivity (Wildman–Crippen MR) is 117 cm³/mol. The topological polar surface area (TPSA) is 114 Å². The Morgan fingerprint density at radius 3 is 2.74 bits per heavy atom. The van der Waals surface area contributed by atoms with Gasteiger partial charge in [-0.05, 0) is 36.5 Å². The Morgan fingerprint density at radius 2 is 2.14 bits per heavy atom. The summed E-state index contributed by atoms with van der Waals surface area (Å²) in [6.45, 7) is 4.37. The number of allylic oxidation sites excluding steroid dienone is 1. The van der Waals surface area contributed by atoms with Crippen molar-refractivity contribution in [3.05, 3.63) is 63.9 Å². The molecule has 1 N–H and O–H groups in total. The van der Waals surface area contributed by atoms with Gasteiger partial charge in [-0.1, -0.05) is 24.3 Å². The van der Waals surface area contributed by atoms with Gasteiger partial charge >= 0.3 is 24.1 Å². The predicted octanol–water partition coefficient (Wildman–Crippen LogP) is 3.94. The lowest BCUT2D eigenvalue weighted by molar-refractivity contribution is -0.389. The minimum Gasteiger partial charge on any atom is -0.465 e. The molecule has 188 valence electrons. The van der Waals surface area contributed by atoms with Gasteiger partial charge in [0.2, 0.25) is 0 Å². The normalized spacial score (nSPS) is 25.0. The lowest BCUT2D eigenvalue weighted by Crippen LogP contribution is -2.59. The standard InChI is InChI=1S/C22H24F3N5O5/c1-3-5-16-18(14-6-4-7-15(10-14)22(23,24)25)27(8-9-29(16)20(31)32)12-21(2)13-28-11-17(30(33)34)26-19(28)35-21/h3-7,10-11,16,18H,8-9,12-13H2,1-2H3,(H,31,32)/t16-,18?,21?/m0/s1. The Morgan fingerprint density at radius 1 is 1.40 bits per heavy atom. The molecule has 0 radical (unpaired) electrons. The highest BCUT2D eigenvalue weighted by atomic mass is 19.4. The van der Waals surface area contributed by atoms with Crippen LogP contribution < -0.4 is 4.74 Å². The summed E-state index contributed by atoms with van der Waals surface area (Å²) in [7, 11) is 0. The van der Waals surface area contributed by atoms with Crippen molar-refractivity contribution in [2.24, 2.45) is 0 Å². The fourth-order valence-corrected chi connectivity index (χ4v) is 4.82. The van der Waals surface area contributed by atoms with Crippen LogP contribution in [0.1, 0.15) is 31.0 Å². The van der Waals surface area contributed by atoms with Gasteiger partial charge in [0.05, 0.1) is 24.2 Å². The van der Waals surface area contributed by atoms with Gasteiger partial charge in [0.25, 0.3) is 0 Å². The van der Waals surface area contributed by atoms with Crippen molar-refractivity contribution in [2.75, 3.05) is 19.6 Å². The summed E-state index contributed by atoms with van der Waals surface area (Å²) in [5, 5.41) is 20.8. The van der Waals surface area contributed by atoms with Gasteiger partial charge in [-0.15, -0.1) is 0 Å². The fourth-order valence-electron chi connectivity index (χ4n) is 4.82. The number of hydrogen-bond donors (Lipinski definition) is 1. The van der Waals surface area contributed by atoms with E-state index in [-0.39, 0.29) is 38.0 Å². The first-order chi connectivity index (χ1) is 16.4. The van der Waals surface area contributed by atoms with E-state index in [9.17, 15) is 33.2 Å². The molecule has 3 heterocycles. The zero-order valence-electron chi connectivity index (χ0n) is 19.0. The molecule has 2 aliphatic rings. The molecule has 13 heteroatoms. The second kappa shape index (κ2) is 8.87. The number of carboxylic acid groups (broad SMARTS) is 1. The van der Waals surface area contributed by atoms with Crippen molar-refractivity contribution in [3.63, 3.8) is 0 Å². The van der Waals surface area contributed by atoms with E-state index in [1.807, 2.05) is 4.90 Å². The van der Waals surface area contributed by atoms with Gasteiger partial charge in [-0.25, -0.2) is 4.79 Å². The number of nitrogens with zero attached hydrogens (tertiary/aromatic N) is 5. The van der Waals surface area contributed by atoms with Crippen LogP contribution in [0, 0.1) is 10.1 Å². The van der Waals surface area contributed by atoms with Crippen molar-refractivity contribution in [1.82, 2.24) is 19.4 Å². The highest BCUT2D eigenvalue weighted by Crippen LogP contribution is 2.39.